The number of carbonyl (C=O) groups is 1. The lowest BCUT2D eigenvalue weighted by Gasteiger charge is -2.39. The van der Waals surface area contributed by atoms with Crippen LogP contribution in [0.25, 0.3) is 22.0 Å². The molecule has 4 aromatic rings. The van der Waals surface area contributed by atoms with Crippen LogP contribution < -0.4 is 16.2 Å². The van der Waals surface area contributed by atoms with Gasteiger partial charge >= 0.3 is 0 Å². The Kier molecular flexibility index (Phi) is 4.58. The van der Waals surface area contributed by atoms with Crippen LogP contribution in [0.15, 0.2) is 51.7 Å². The summed E-state index contributed by atoms with van der Waals surface area (Å²) in [5, 5.41) is 0.858. The van der Waals surface area contributed by atoms with Crippen molar-refractivity contribution < 1.29 is 9.21 Å². The standard InChI is InChI=1S/C25H26N4O3/c1-15-8-9-16-18(14-15)28(3)23(31)20(22(26)30)21(16)29-12-10-25(2,11-13-29)24-27-17-6-4-5-7-19(17)32-24/h4-9,14H,10-13H2,1-3H3,(H2,26,30). The van der Waals surface area contributed by atoms with Gasteiger partial charge in [-0.25, -0.2) is 4.98 Å². The average Bonchev–Trinajstić information content (AvgIpc) is 3.22. The molecule has 0 bridgehead atoms. The number of para-hydroxylation sites is 2. The van der Waals surface area contributed by atoms with Gasteiger partial charge in [-0.1, -0.05) is 31.2 Å². The van der Waals surface area contributed by atoms with Crippen molar-refractivity contribution in [3.63, 3.8) is 0 Å². The summed E-state index contributed by atoms with van der Waals surface area (Å²) in [5.41, 5.74) is 9.28. The lowest BCUT2D eigenvalue weighted by Crippen LogP contribution is -2.43. The van der Waals surface area contributed by atoms with Gasteiger partial charge < -0.3 is 19.6 Å². The van der Waals surface area contributed by atoms with Crippen LogP contribution >= 0.6 is 0 Å². The topological polar surface area (TPSA) is 94.4 Å². The number of oxazole rings is 1. The molecule has 1 saturated heterocycles. The Balaban J connectivity index is 1.56. The number of aromatic nitrogens is 2. The fraction of sp³-hybridized carbons (Fsp3) is 0.320. The monoisotopic (exact) mass is 430 g/mol. The molecule has 7 nitrogen and oxygen atoms in total. The normalized spacial score (nSPS) is 16.0. The molecule has 0 spiro atoms. The molecule has 0 saturated carbocycles. The highest BCUT2D eigenvalue weighted by Crippen LogP contribution is 2.39. The smallest absolute Gasteiger partial charge is 0.265 e. The summed E-state index contributed by atoms with van der Waals surface area (Å²) in [7, 11) is 1.68. The summed E-state index contributed by atoms with van der Waals surface area (Å²) in [6.45, 7) is 5.46. The summed E-state index contributed by atoms with van der Waals surface area (Å²) in [6, 6.07) is 13.7. The van der Waals surface area contributed by atoms with Crippen LogP contribution in [0, 0.1) is 6.92 Å². The molecule has 2 N–H and O–H groups in total. The number of aryl methyl sites for hydroxylation is 2. The van der Waals surface area contributed by atoms with Crippen molar-refractivity contribution in [1.82, 2.24) is 9.55 Å². The lowest BCUT2D eigenvalue weighted by molar-refractivity contribution is 0.0999. The van der Waals surface area contributed by atoms with Crippen LogP contribution in [-0.2, 0) is 12.5 Å². The highest BCUT2D eigenvalue weighted by atomic mass is 16.3. The summed E-state index contributed by atoms with van der Waals surface area (Å²) in [4.78, 5) is 32.3. The number of hydrogen-bond donors (Lipinski definition) is 1. The van der Waals surface area contributed by atoms with E-state index in [-0.39, 0.29) is 16.5 Å². The van der Waals surface area contributed by atoms with Gasteiger partial charge in [0.2, 0.25) is 5.89 Å². The van der Waals surface area contributed by atoms with Crippen molar-refractivity contribution in [1.29, 1.82) is 0 Å². The van der Waals surface area contributed by atoms with Crippen LogP contribution in [0.4, 0.5) is 5.69 Å². The van der Waals surface area contributed by atoms with Crippen LogP contribution in [0.2, 0.25) is 0 Å². The van der Waals surface area contributed by atoms with Gasteiger partial charge in [0.1, 0.15) is 11.1 Å². The molecule has 1 fully saturated rings. The third-order valence-corrected chi connectivity index (χ3v) is 6.76. The molecule has 0 unspecified atom stereocenters. The third kappa shape index (κ3) is 3.07. The van der Waals surface area contributed by atoms with Crippen molar-refractivity contribution >= 4 is 33.6 Å². The van der Waals surface area contributed by atoms with E-state index in [1.54, 1.807) is 7.05 Å². The average molecular weight is 431 g/mol. The maximum absolute atomic E-state index is 13.1. The van der Waals surface area contributed by atoms with Crippen molar-refractivity contribution in [3.8, 4) is 0 Å². The largest absolute Gasteiger partial charge is 0.440 e. The van der Waals surface area contributed by atoms with Gasteiger partial charge in [0.25, 0.3) is 11.5 Å². The van der Waals surface area contributed by atoms with E-state index in [1.807, 2.05) is 49.4 Å². The molecular formula is C25H26N4O3. The van der Waals surface area contributed by atoms with E-state index >= 15 is 0 Å². The van der Waals surface area contributed by atoms with E-state index in [9.17, 15) is 9.59 Å². The number of nitrogens with two attached hydrogens (primary N) is 1. The molecule has 1 aliphatic rings. The third-order valence-electron chi connectivity index (χ3n) is 6.76. The Bertz CT molecular complexity index is 1390. The Morgan fingerprint density at radius 1 is 1.16 bits per heavy atom. The predicted octanol–water partition coefficient (Wildman–Crippen LogP) is 3.65. The van der Waals surface area contributed by atoms with Gasteiger partial charge in [-0.3, -0.25) is 9.59 Å². The fourth-order valence-corrected chi connectivity index (χ4v) is 4.75. The number of fused-ring (bicyclic) bond motifs is 2. The summed E-state index contributed by atoms with van der Waals surface area (Å²) < 4.78 is 7.59. The number of benzene rings is 2. The number of carbonyl (C=O) groups excluding carboxylic acids is 1. The molecule has 5 rings (SSSR count). The number of hydrogen-bond acceptors (Lipinski definition) is 5. The number of amides is 1. The van der Waals surface area contributed by atoms with Gasteiger partial charge in [-0.15, -0.1) is 0 Å². The van der Waals surface area contributed by atoms with Crippen LogP contribution in [0.3, 0.4) is 0 Å². The van der Waals surface area contributed by atoms with E-state index in [2.05, 4.69) is 11.8 Å². The number of anilines is 1. The second-order valence-electron chi connectivity index (χ2n) is 9.01. The Hall–Kier alpha value is -3.61. The minimum absolute atomic E-state index is 0.0503. The second-order valence-corrected chi connectivity index (χ2v) is 9.01. The summed E-state index contributed by atoms with van der Waals surface area (Å²) in [6.07, 6.45) is 1.56. The molecule has 0 radical (unpaired) electrons. The van der Waals surface area contributed by atoms with E-state index in [1.165, 1.54) is 4.57 Å². The number of rotatable bonds is 3. The van der Waals surface area contributed by atoms with Crippen LogP contribution in [0.5, 0.6) is 0 Å². The molecule has 2 aromatic heterocycles. The zero-order valence-corrected chi connectivity index (χ0v) is 18.5. The van der Waals surface area contributed by atoms with E-state index in [0.29, 0.717) is 18.8 Å². The molecule has 7 heteroatoms. The molecule has 2 aromatic carbocycles. The maximum atomic E-state index is 13.1. The molecule has 32 heavy (non-hydrogen) atoms. The van der Waals surface area contributed by atoms with Gasteiger partial charge in [-0.05, 0) is 43.5 Å². The lowest BCUT2D eigenvalue weighted by atomic mass is 9.80. The quantitative estimate of drug-likeness (QED) is 0.535. The minimum atomic E-state index is -0.699. The Morgan fingerprint density at radius 3 is 2.56 bits per heavy atom. The van der Waals surface area contributed by atoms with Gasteiger partial charge in [0.15, 0.2) is 5.58 Å². The molecule has 3 heterocycles. The van der Waals surface area contributed by atoms with Gasteiger partial charge in [-0.2, -0.15) is 0 Å². The first-order valence-corrected chi connectivity index (χ1v) is 10.8. The van der Waals surface area contributed by atoms with Crippen molar-refractivity contribution in [2.45, 2.75) is 32.1 Å². The number of piperidine rings is 1. The molecule has 1 amide bonds. The van der Waals surface area contributed by atoms with E-state index in [0.717, 1.165) is 46.3 Å². The Labute approximate surface area is 185 Å². The number of nitrogens with zero attached hydrogens (tertiary/aromatic N) is 3. The highest BCUT2D eigenvalue weighted by Gasteiger charge is 2.38. The minimum Gasteiger partial charge on any atom is -0.440 e. The fourth-order valence-electron chi connectivity index (χ4n) is 4.75. The zero-order valence-electron chi connectivity index (χ0n) is 18.5. The Morgan fingerprint density at radius 2 is 1.88 bits per heavy atom. The number of primary amides is 1. The predicted molar refractivity (Wildman–Crippen MR) is 125 cm³/mol. The zero-order chi connectivity index (χ0) is 22.6. The summed E-state index contributed by atoms with van der Waals surface area (Å²) >= 11 is 0. The molecule has 0 aliphatic carbocycles. The molecule has 0 atom stereocenters. The molecule has 1 aliphatic heterocycles. The van der Waals surface area contributed by atoms with Crippen LogP contribution in [-0.4, -0.2) is 28.5 Å². The SMILES string of the molecule is Cc1ccc2c(N3CCC(C)(c4nc5ccccc5o4)CC3)c(C(N)=O)c(=O)n(C)c2c1. The first kappa shape index (κ1) is 20.3. The van der Waals surface area contributed by atoms with Crippen LogP contribution in [0.1, 0.15) is 41.6 Å². The first-order chi connectivity index (χ1) is 15.3. The second kappa shape index (κ2) is 7.22. The highest BCUT2D eigenvalue weighted by molar-refractivity contribution is 6.07. The first-order valence-electron chi connectivity index (χ1n) is 10.8. The molecule has 164 valence electrons. The number of pyridine rings is 1. The van der Waals surface area contributed by atoms with E-state index in [4.69, 9.17) is 15.1 Å². The van der Waals surface area contributed by atoms with Gasteiger partial charge in [0.05, 0.1) is 11.2 Å². The van der Waals surface area contributed by atoms with Crippen molar-refractivity contribution in [2.75, 3.05) is 18.0 Å². The molecular weight excluding hydrogens is 404 g/mol. The van der Waals surface area contributed by atoms with Gasteiger partial charge in [0, 0.05) is 30.9 Å². The van der Waals surface area contributed by atoms with Crippen molar-refractivity contribution in [3.05, 3.63) is 69.8 Å². The van der Waals surface area contributed by atoms with E-state index < -0.39 is 5.91 Å². The van der Waals surface area contributed by atoms with Crippen molar-refractivity contribution in [2.24, 2.45) is 12.8 Å². The maximum Gasteiger partial charge on any atom is 0.265 e. The summed E-state index contributed by atoms with van der Waals surface area (Å²) in [5.74, 6) is 0.0355.